The number of halogens is 2. The van der Waals surface area contributed by atoms with Gasteiger partial charge in [0, 0.05) is 10.0 Å². The number of aliphatic hydroxyl groups is 1. The largest absolute Gasteiger partial charge is 0.479 e. The van der Waals surface area contributed by atoms with Crippen LogP contribution in [0.2, 0.25) is 0 Å². The Hall–Kier alpha value is -0.940. The van der Waals surface area contributed by atoms with Crippen molar-refractivity contribution in [2.45, 2.75) is 12.5 Å². The van der Waals surface area contributed by atoms with Gasteiger partial charge in [0.2, 0.25) is 0 Å². The van der Waals surface area contributed by atoms with Gasteiger partial charge in [0.15, 0.2) is 5.60 Å². The van der Waals surface area contributed by atoms with E-state index in [9.17, 15) is 14.3 Å². The van der Waals surface area contributed by atoms with Gasteiger partial charge >= 0.3 is 5.97 Å². The minimum Gasteiger partial charge on any atom is -0.479 e. The molecule has 0 aliphatic heterocycles. The quantitative estimate of drug-likeness (QED) is 0.856. The smallest absolute Gasteiger partial charge is 0.340 e. The summed E-state index contributed by atoms with van der Waals surface area (Å²) in [5.74, 6) is -2.24. The molecule has 2 N–H and O–H groups in total. The number of rotatable bonds is 2. The van der Waals surface area contributed by atoms with Crippen LogP contribution in [0.15, 0.2) is 22.7 Å². The Morgan fingerprint density at radius 3 is 2.64 bits per heavy atom. The molecule has 1 aromatic carbocycles. The lowest BCUT2D eigenvalue weighted by molar-refractivity contribution is -0.157. The second-order valence-electron chi connectivity index (χ2n) is 3.00. The Morgan fingerprint density at radius 1 is 1.57 bits per heavy atom. The Kier molecular flexibility index (Phi) is 2.92. The zero-order valence-corrected chi connectivity index (χ0v) is 8.88. The van der Waals surface area contributed by atoms with E-state index in [4.69, 9.17) is 5.11 Å². The molecule has 0 bridgehead atoms. The molecule has 0 aliphatic rings. The normalized spacial score (nSPS) is 14.9. The monoisotopic (exact) mass is 262 g/mol. The third-order valence-corrected chi connectivity index (χ3v) is 2.36. The van der Waals surface area contributed by atoms with Crippen LogP contribution in [-0.4, -0.2) is 16.2 Å². The number of carboxylic acid groups (broad SMARTS) is 1. The molecule has 0 radical (unpaired) electrons. The number of hydrogen-bond donors (Lipinski definition) is 2. The van der Waals surface area contributed by atoms with Crippen LogP contribution in [0.3, 0.4) is 0 Å². The predicted molar refractivity (Wildman–Crippen MR) is 51.3 cm³/mol. The molecule has 76 valence electrons. The molecule has 1 atom stereocenters. The second-order valence-corrected chi connectivity index (χ2v) is 3.92. The van der Waals surface area contributed by atoms with Crippen LogP contribution < -0.4 is 0 Å². The predicted octanol–water partition coefficient (Wildman–Crippen LogP) is 1.88. The summed E-state index contributed by atoms with van der Waals surface area (Å²) in [6, 6.07) is 3.76. The van der Waals surface area contributed by atoms with Gasteiger partial charge in [-0.15, -0.1) is 0 Å². The molecule has 1 unspecified atom stereocenters. The highest BCUT2D eigenvalue weighted by molar-refractivity contribution is 9.10. The molecule has 0 saturated carbocycles. The fourth-order valence-corrected chi connectivity index (χ4v) is 1.35. The minimum atomic E-state index is -2.21. The maximum Gasteiger partial charge on any atom is 0.340 e. The molecule has 1 aromatic rings. The molecule has 14 heavy (non-hydrogen) atoms. The third kappa shape index (κ3) is 1.93. The number of benzene rings is 1. The van der Waals surface area contributed by atoms with Crippen molar-refractivity contribution in [1.82, 2.24) is 0 Å². The van der Waals surface area contributed by atoms with Gasteiger partial charge in [-0.3, -0.25) is 0 Å². The van der Waals surface area contributed by atoms with Gasteiger partial charge < -0.3 is 10.2 Å². The SMILES string of the molecule is CC(O)(C(=O)O)c1cc(Br)ccc1F. The number of carboxylic acids is 1. The van der Waals surface area contributed by atoms with E-state index in [2.05, 4.69) is 15.9 Å². The number of aliphatic carboxylic acids is 1. The van der Waals surface area contributed by atoms with Crippen molar-refractivity contribution in [3.05, 3.63) is 34.1 Å². The van der Waals surface area contributed by atoms with E-state index in [1.165, 1.54) is 12.1 Å². The molecule has 3 nitrogen and oxygen atoms in total. The first kappa shape index (κ1) is 11.1. The summed E-state index contributed by atoms with van der Waals surface area (Å²) in [4.78, 5) is 10.7. The highest BCUT2D eigenvalue weighted by atomic mass is 79.9. The van der Waals surface area contributed by atoms with Gasteiger partial charge in [-0.05, 0) is 25.1 Å². The molecule has 5 heteroatoms. The van der Waals surface area contributed by atoms with E-state index in [1.54, 1.807) is 0 Å². The molecule has 0 heterocycles. The molecule has 0 aromatic heterocycles. The Labute approximate surface area is 88.3 Å². The van der Waals surface area contributed by atoms with Crippen molar-refractivity contribution in [3.63, 3.8) is 0 Å². The molecule has 0 fully saturated rings. The van der Waals surface area contributed by atoms with Crippen molar-refractivity contribution in [2.75, 3.05) is 0 Å². The van der Waals surface area contributed by atoms with Crippen LogP contribution in [0.25, 0.3) is 0 Å². The zero-order chi connectivity index (χ0) is 10.9. The molecule has 0 aliphatic carbocycles. The van der Waals surface area contributed by atoms with Gasteiger partial charge in [0.05, 0.1) is 0 Å². The van der Waals surface area contributed by atoms with Gasteiger partial charge in [0.25, 0.3) is 0 Å². The zero-order valence-electron chi connectivity index (χ0n) is 7.29. The van der Waals surface area contributed by atoms with Crippen molar-refractivity contribution in [2.24, 2.45) is 0 Å². The highest BCUT2D eigenvalue weighted by Crippen LogP contribution is 2.26. The van der Waals surface area contributed by atoms with E-state index in [0.717, 1.165) is 13.0 Å². The summed E-state index contributed by atoms with van der Waals surface area (Å²) < 4.78 is 13.7. The minimum absolute atomic E-state index is 0.264. The Balaban J connectivity index is 3.31. The Bertz CT molecular complexity index is 376. The van der Waals surface area contributed by atoms with Crippen molar-refractivity contribution in [3.8, 4) is 0 Å². The van der Waals surface area contributed by atoms with Gasteiger partial charge in [0.1, 0.15) is 5.82 Å². The maximum atomic E-state index is 13.2. The summed E-state index contributed by atoms with van der Waals surface area (Å²) in [5, 5.41) is 18.2. The van der Waals surface area contributed by atoms with Crippen molar-refractivity contribution < 1.29 is 19.4 Å². The third-order valence-electron chi connectivity index (χ3n) is 1.87. The summed E-state index contributed by atoms with van der Waals surface area (Å²) in [7, 11) is 0. The first-order chi connectivity index (χ1) is 6.35. The van der Waals surface area contributed by atoms with Crippen molar-refractivity contribution in [1.29, 1.82) is 0 Å². The lowest BCUT2D eigenvalue weighted by atomic mass is 9.96. The maximum absolute atomic E-state index is 13.2. The number of hydrogen-bond acceptors (Lipinski definition) is 2. The fourth-order valence-electron chi connectivity index (χ4n) is 0.986. The van der Waals surface area contributed by atoms with Crippen LogP contribution in [0.1, 0.15) is 12.5 Å². The molecule has 1 rings (SSSR count). The first-order valence-electron chi connectivity index (χ1n) is 3.77. The van der Waals surface area contributed by atoms with Gasteiger partial charge in [-0.25, -0.2) is 9.18 Å². The van der Waals surface area contributed by atoms with E-state index in [-0.39, 0.29) is 5.56 Å². The lowest BCUT2D eigenvalue weighted by Crippen LogP contribution is -2.32. The second kappa shape index (κ2) is 3.67. The van der Waals surface area contributed by atoms with Crippen LogP contribution in [0, 0.1) is 5.82 Å². The molecular weight excluding hydrogens is 255 g/mol. The molecule has 0 amide bonds. The van der Waals surface area contributed by atoms with Crippen molar-refractivity contribution >= 4 is 21.9 Å². The van der Waals surface area contributed by atoms with Crippen LogP contribution in [0.4, 0.5) is 4.39 Å². The first-order valence-corrected chi connectivity index (χ1v) is 4.56. The highest BCUT2D eigenvalue weighted by Gasteiger charge is 2.34. The molecule has 0 spiro atoms. The summed E-state index contributed by atoms with van der Waals surface area (Å²) in [6.45, 7) is 1.03. The molecule has 0 saturated heterocycles. The average Bonchev–Trinajstić information content (AvgIpc) is 2.08. The van der Waals surface area contributed by atoms with Gasteiger partial charge in [-0.1, -0.05) is 15.9 Å². The summed E-state index contributed by atoms with van der Waals surface area (Å²) in [6.07, 6.45) is 0. The summed E-state index contributed by atoms with van der Waals surface area (Å²) >= 11 is 3.07. The molecular formula is C9H8BrFO3. The van der Waals surface area contributed by atoms with Crippen LogP contribution in [0.5, 0.6) is 0 Å². The Morgan fingerprint density at radius 2 is 2.14 bits per heavy atom. The van der Waals surface area contributed by atoms with E-state index in [1.807, 2.05) is 0 Å². The number of carbonyl (C=O) groups is 1. The summed E-state index contributed by atoms with van der Waals surface area (Å²) in [5.41, 5.74) is -2.48. The lowest BCUT2D eigenvalue weighted by Gasteiger charge is -2.19. The van der Waals surface area contributed by atoms with E-state index >= 15 is 0 Å². The topological polar surface area (TPSA) is 57.5 Å². The average molecular weight is 263 g/mol. The van der Waals surface area contributed by atoms with Gasteiger partial charge in [-0.2, -0.15) is 0 Å². The fraction of sp³-hybridized carbons (Fsp3) is 0.222. The van der Waals surface area contributed by atoms with Crippen LogP contribution in [-0.2, 0) is 10.4 Å². The van der Waals surface area contributed by atoms with E-state index < -0.39 is 17.4 Å². The standard InChI is InChI=1S/C9H8BrFO3/c1-9(14,8(12)13)6-4-5(10)2-3-7(6)11/h2-4,14H,1H3,(H,12,13). The van der Waals surface area contributed by atoms with E-state index in [0.29, 0.717) is 4.47 Å². The van der Waals surface area contributed by atoms with Crippen LogP contribution >= 0.6 is 15.9 Å².